The van der Waals surface area contributed by atoms with E-state index in [-0.39, 0.29) is 17.9 Å². The highest BCUT2D eigenvalue weighted by molar-refractivity contribution is 5.77. The summed E-state index contributed by atoms with van der Waals surface area (Å²) >= 11 is 0. The molecule has 24 heavy (non-hydrogen) atoms. The number of likely N-dealkylation sites (tertiary alicyclic amines) is 1. The van der Waals surface area contributed by atoms with Crippen molar-refractivity contribution < 1.29 is 9.18 Å². The fraction of sp³-hybridized carbons (Fsp3) is 0.500. The van der Waals surface area contributed by atoms with Gasteiger partial charge in [-0.05, 0) is 13.3 Å². The maximum atomic E-state index is 12.9. The minimum absolute atomic E-state index is 0.0933. The number of anilines is 1. The first kappa shape index (κ1) is 16.4. The zero-order chi connectivity index (χ0) is 17.1. The lowest BCUT2D eigenvalue weighted by Crippen LogP contribution is -2.45. The molecule has 2 aromatic heterocycles. The van der Waals surface area contributed by atoms with Crippen LogP contribution in [0.25, 0.3) is 0 Å². The van der Waals surface area contributed by atoms with E-state index in [1.807, 2.05) is 29.6 Å². The van der Waals surface area contributed by atoms with E-state index in [0.717, 1.165) is 24.6 Å². The van der Waals surface area contributed by atoms with Crippen molar-refractivity contribution >= 4 is 11.9 Å². The largest absolute Gasteiger partial charge is 0.354 e. The van der Waals surface area contributed by atoms with Crippen molar-refractivity contribution in [1.29, 1.82) is 0 Å². The number of amides is 1. The molecule has 0 unspecified atom stereocenters. The highest BCUT2D eigenvalue weighted by atomic mass is 19.1. The molecule has 1 amide bonds. The monoisotopic (exact) mass is 332 g/mol. The van der Waals surface area contributed by atoms with E-state index >= 15 is 0 Å². The molecule has 2 aromatic rings. The van der Waals surface area contributed by atoms with Crippen molar-refractivity contribution in [1.82, 2.24) is 24.4 Å². The number of rotatable bonds is 5. The lowest BCUT2D eigenvalue weighted by atomic mass is 9.88. The number of carbonyl (C=O) groups excluding carboxylic acids is 1. The maximum Gasteiger partial charge on any atom is 0.223 e. The average Bonchev–Trinajstić information content (AvgIpc) is 3.00. The Hall–Kier alpha value is -2.51. The Morgan fingerprint density at radius 1 is 1.33 bits per heavy atom. The SMILES string of the molecule is CCN1C(=O)CC[C@H](CNc2ncc(F)cn2)[C@H]1c1nccn1C. The summed E-state index contributed by atoms with van der Waals surface area (Å²) in [7, 11) is 1.93. The van der Waals surface area contributed by atoms with Gasteiger partial charge < -0.3 is 14.8 Å². The van der Waals surface area contributed by atoms with Gasteiger partial charge in [-0.15, -0.1) is 0 Å². The summed E-state index contributed by atoms with van der Waals surface area (Å²) in [5.74, 6) is 1.12. The van der Waals surface area contributed by atoms with Gasteiger partial charge >= 0.3 is 0 Å². The number of aryl methyl sites for hydroxylation is 1. The molecule has 0 saturated carbocycles. The van der Waals surface area contributed by atoms with Gasteiger partial charge in [-0.25, -0.2) is 19.3 Å². The van der Waals surface area contributed by atoms with Crippen LogP contribution in [0.5, 0.6) is 0 Å². The predicted octanol–water partition coefficient (Wildman–Crippen LogP) is 1.76. The fourth-order valence-electron chi connectivity index (χ4n) is 3.24. The third-order valence-corrected chi connectivity index (χ3v) is 4.44. The summed E-state index contributed by atoms with van der Waals surface area (Å²) in [6.07, 6.45) is 7.18. The van der Waals surface area contributed by atoms with Gasteiger partial charge in [0.2, 0.25) is 11.9 Å². The van der Waals surface area contributed by atoms with Crippen LogP contribution in [-0.2, 0) is 11.8 Å². The molecule has 1 N–H and O–H groups in total. The Kier molecular flexibility index (Phi) is 4.73. The molecule has 128 valence electrons. The fourth-order valence-corrected chi connectivity index (χ4v) is 3.24. The predicted molar refractivity (Wildman–Crippen MR) is 86.5 cm³/mol. The smallest absolute Gasteiger partial charge is 0.223 e. The summed E-state index contributed by atoms with van der Waals surface area (Å²) in [6.45, 7) is 3.21. The van der Waals surface area contributed by atoms with E-state index in [1.165, 1.54) is 0 Å². The van der Waals surface area contributed by atoms with Gasteiger partial charge in [0.1, 0.15) is 5.82 Å². The standard InChI is InChI=1S/C16H21FN6O/c1-3-23-13(24)5-4-11(14(23)15-18-6-7-22(15)2)8-19-16-20-9-12(17)10-21-16/h6-7,9-11,14H,3-5,8H2,1-2H3,(H,19,20,21)/t11-,14+/m1/s1. The molecule has 0 spiro atoms. The van der Waals surface area contributed by atoms with Gasteiger partial charge in [0, 0.05) is 44.9 Å². The number of piperidine rings is 1. The van der Waals surface area contributed by atoms with E-state index in [1.54, 1.807) is 6.20 Å². The molecule has 1 aliphatic rings. The molecule has 0 radical (unpaired) electrons. The number of nitrogens with one attached hydrogen (secondary N) is 1. The molecule has 2 atom stereocenters. The third kappa shape index (κ3) is 3.22. The van der Waals surface area contributed by atoms with Crippen LogP contribution in [0.2, 0.25) is 0 Å². The lowest BCUT2D eigenvalue weighted by Gasteiger charge is -2.40. The Labute approximate surface area is 139 Å². The number of carbonyl (C=O) groups is 1. The minimum Gasteiger partial charge on any atom is -0.354 e. The van der Waals surface area contributed by atoms with Crippen LogP contribution in [0, 0.1) is 11.7 Å². The third-order valence-electron chi connectivity index (χ3n) is 4.44. The first-order valence-corrected chi connectivity index (χ1v) is 8.08. The summed E-state index contributed by atoms with van der Waals surface area (Å²) in [5.41, 5.74) is 0. The van der Waals surface area contributed by atoms with E-state index in [2.05, 4.69) is 20.3 Å². The zero-order valence-corrected chi connectivity index (χ0v) is 13.8. The number of imidazole rings is 1. The Morgan fingerprint density at radius 3 is 2.71 bits per heavy atom. The molecule has 1 aliphatic heterocycles. The number of aromatic nitrogens is 4. The van der Waals surface area contributed by atoms with Crippen LogP contribution in [-0.4, -0.2) is 43.4 Å². The van der Waals surface area contributed by atoms with Crippen molar-refractivity contribution in [3.63, 3.8) is 0 Å². The molecule has 3 heterocycles. The lowest BCUT2D eigenvalue weighted by molar-refractivity contribution is -0.138. The molecule has 7 nitrogen and oxygen atoms in total. The first-order chi connectivity index (χ1) is 11.6. The minimum atomic E-state index is -0.466. The highest BCUT2D eigenvalue weighted by Crippen LogP contribution is 2.35. The molecule has 0 aromatic carbocycles. The second kappa shape index (κ2) is 6.94. The van der Waals surface area contributed by atoms with E-state index in [9.17, 15) is 9.18 Å². The summed E-state index contributed by atoms with van der Waals surface area (Å²) < 4.78 is 14.9. The molecule has 0 aliphatic carbocycles. The second-order valence-electron chi connectivity index (χ2n) is 5.93. The Bertz CT molecular complexity index is 701. The van der Waals surface area contributed by atoms with Crippen LogP contribution < -0.4 is 5.32 Å². The van der Waals surface area contributed by atoms with E-state index in [0.29, 0.717) is 25.5 Å². The molecule has 1 fully saturated rings. The van der Waals surface area contributed by atoms with Crippen LogP contribution in [0.3, 0.4) is 0 Å². The quantitative estimate of drug-likeness (QED) is 0.903. The van der Waals surface area contributed by atoms with Crippen molar-refractivity contribution in [2.24, 2.45) is 13.0 Å². The van der Waals surface area contributed by atoms with Crippen molar-refractivity contribution in [3.8, 4) is 0 Å². The number of hydrogen-bond acceptors (Lipinski definition) is 5. The van der Waals surface area contributed by atoms with Crippen LogP contribution in [0.4, 0.5) is 10.3 Å². The van der Waals surface area contributed by atoms with Crippen molar-refractivity contribution in [2.75, 3.05) is 18.4 Å². The normalized spacial score (nSPS) is 21.1. The van der Waals surface area contributed by atoms with Gasteiger partial charge in [-0.1, -0.05) is 0 Å². The molecule has 1 saturated heterocycles. The van der Waals surface area contributed by atoms with E-state index < -0.39 is 5.82 Å². The summed E-state index contributed by atoms with van der Waals surface area (Å²) in [4.78, 5) is 26.5. The Morgan fingerprint density at radius 2 is 2.08 bits per heavy atom. The van der Waals surface area contributed by atoms with Gasteiger partial charge in [-0.3, -0.25) is 4.79 Å². The second-order valence-corrected chi connectivity index (χ2v) is 5.93. The average molecular weight is 332 g/mol. The van der Waals surface area contributed by atoms with Crippen molar-refractivity contribution in [3.05, 3.63) is 36.4 Å². The van der Waals surface area contributed by atoms with Gasteiger partial charge in [0.05, 0.1) is 18.4 Å². The molecular formula is C16H21FN6O. The molecule has 0 bridgehead atoms. The summed E-state index contributed by atoms with van der Waals surface area (Å²) in [6, 6.07) is -0.0933. The van der Waals surface area contributed by atoms with Gasteiger partial charge in [0.25, 0.3) is 0 Å². The number of hydrogen-bond donors (Lipinski definition) is 1. The van der Waals surface area contributed by atoms with Crippen LogP contribution in [0.1, 0.15) is 31.6 Å². The van der Waals surface area contributed by atoms with Crippen LogP contribution >= 0.6 is 0 Å². The highest BCUT2D eigenvalue weighted by Gasteiger charge is 2.38. The van der Waals surface area contributed by atoms with Crippen molar-refractivity contribution in [2.45, 2.75) is 25.8 Å². The van der Waals surface area contributed by atoms with Crippen LogP contribution in [0.15, 0.2) is 24.8 Å². The van der Waals surface area contributed by atoms with E-state index in [4.69, 9.17) is 0 Å². The topological polar surface area (TPSA) is 75.9 Å². The number of halogens is 1. The Balaban J connectivity index is 1.80. The maximum absolute atomic E-state index is 12.9. The molecule has 8 heteroatoms. The molecular weight excluding hydrogens is 311 g/mol. The summed E-state index contributed by atoms with van der Waals surface area (Å²) in [5, 5.41) is 3.15. The van der Waals surface area contributed by atoms with Gasteiger partial charge in [-0.2, -0.15) is 0 Å². The van der Waals surface area contributed by atoms with Gasteiger partial charge in [0.15, 0.2) is 5.82 Å². The molecule has 3 rings (SSSR count). The number of nitrogens with zero attached hydrogens (tertiary/aromatic N) is 5. The zero-order valence-electron chi connectivity index (χ0n) is 13.8. The first-order valence-electron chi connectivity index (χ1n) is 8.08.